The van der Waals surface area contributed by atoms with Gasteiger partial charge >= 0.3 is 0 Å². The molecule has 0 aromatic rings. The number of likely N-dealkylation sites (tertiary alicyclic amines) is 1. The summed E-state index contributed by atoms with van der Waals surface area (Å²) in [6, 6.07) is 1.71. The van der Waals surface area contributed by atoms with Gasteiger partial charge in [0.25, 0.3) is 0 Å². The van der Waals surface area contributed by atoms with E-state index in [4.69, 9.17) is 10.5 Å². The van der Waals surface area contributed by atoms with E-state index in [-0.39, 0.29) is 0 Å². The molecule has 0 amide bonds. The summed E-state index contributed by atoms with van der Waals surface area (Å²) in [6.07, 6.45) is 4.07. The van der Waals surface area contributed by atoms with Crippen LogP contribution in [0.15, 0.2) is 0 Å². The molecule has 0 aromatic heterocycles. The highest BCUT2D eigenvalue weighted by Crippen LogP contribution is 2.32. The average Bonchev–Trinajstić information content (AvgIpc) is 2.34. The summed E-state index contributed by atoms with van der Waals surface area (Å²) in [5.41, 5.74) is 5.98. The Kier molecular flexibility index (Phi) is 2.58. The molecule has 3 nitrogen and oxygen atoms in total. The molecule has 1 aliphatic heterocycles. The Morgan fingerprint density at radius 2 is 2.08 bits per heavy atom. The molecule has 0 bridgehead atoms. The number of methoxy groups -OCH3 is 1. The van der Waals surface area contributed by atoms with Crippen LogP contribution in [0.4, 0.5) is 0 Å². The molecular weight excluding hydrogens is 164 g/mol. The lowest BCUT2D eigenvalue weighted by Gasteiger charge is -2.42. The Hall–Kier alpha value is -0.120. The normalized spacial score (nSPS) is 46.4. The van der Waals surface area contributed by atoms with Crippen LogP contribution >= 0.6 is 0 Å². The molecule has 2 N–H and O–H groups in total. The van der Waals surface area contributed by atoms with Crippen molar-refractivity contribution >= 4 is 0 Å². The zero-order valence-corrected chi connectivity index (χ0v) is 8.57. The molecule has 0 aromatic carbocycles. The lowest BCUT2D eigenvalue weighted by atomic mass is 9.87. The third-order valence-corrected chi connectivity index (χ3v) is 3.74. The van der Waals surface area contributed by atoms with Gasteiger partial charge in [-0.2, -0.15) is 0 Å². The highest BCUT2D eigenvalue weighted by Gasteiger charge is 2.39. The second kappa shape index (κ2) is 3.56. The Balaban J connectivity index is 1.83. The molecular formula is C10H20N2O. The van der Waals surface area contributed by atoms with Gasteiger partial charge < -0.3 is 10.5 Å². The van der Waals surface area contributed by atoms with Gasteiger partial charge in [0.1, 0.15) is 0 Å². The van der Waals surface area contributed by atoms with Crippen LogP contribution in [0.25, 0.3) is 0 Å². The monoisotopic (exact) mass is 184 g/mol. The summed E-state index contributed by atoms with van der Waals surface area (Å²) in [6.45, 7) is 3.43. The van der Waals surface area contributed by atoms with Gasteiger partial charge in [0, 0.05) is 31.8 Å². The van der Waals surface area contributed by atoms with E-state index >= 15 is 0 Å². The van der Waals surface area contributed by atoms with Gasteiger partial charge in [-0.3, -0.25) is 4.90 Å². The summed E-state index contributed by atoms with van der Waals surface area (Å²) >= 11 is 0. The minimum Gasteiger partial charge on any atom is -0.381 e. The first kappa shape index (κ1) is 9.44. The minimum absolute atomic E-state index is 0.390. The molecule has 1 saturated heterocycles. The number of nitrogens with two attached hydrogens (primary N) is 1. The van der Waals surface area contributed by atoms with Crippen LogP contribution in [-0.2, 0) is 4.74 Å². The topological polar surface area (TPSA) is 38.5 Å². The van der Waals surface area contributed by atoms with Gasteiger partial charge in [0.15, 0.2) is 0 Å². The van der Waals surface area contributed by atoms with Crippen molar-refractivity contribution in [2.75, 3.05) is 13.7 Å². The van der Waals surface area contributed by atoms with Crippen LogP contribution in [0.1, 0.15) is 26.2 Å². The van der Waals surface area contributed by atoms with Crippen molar-refractivity contribution in [3.63, 3.8) is 0 Å². The third-order valence-electron chi connectivity index (χ3n) is 3.74. The van der Waals surface area contributed by atoms with E-state index in [2.05, 4.69) is 11.8 Å². The second-order valence-corrected chi connectivity index (χ2v) is 4.41. The zero-order chi connectivity index (χ0) is 9.42. The van der Waals surface area contributed by atoms with Crippen molar-refractivity contribution in [3.05, 3.63) is 0 Å². The van der Waals surface area contributed by atoms with Crippen LogP contribution in [0.3, 0.4) is 0 Å². The molecule has 0 radical (unpaired) electrons. The predicted molar refractivity (Wildman–Crippen MR) is 52.6 cm³/mol. The molecule has 1 aliphatic carbocycles. The number of hydrogen-bond donors (Lipinski definition) is 1. The van der Waals surface area contributed by atoms with E-state index in [1.807, 2.05) is 0 Å². The summed E-state index contributed by atoms with van der Waals surface area (Å²) < 4.78 is 5.28. The molecule has 13 heavy (non-hydrogen) atoms. The first-order valence-corrected chi connectivity index (χ1v) is 5.26. The quantitative estimate of drug-likeness (QED) is 0.682. The van der Waals surface area contributed by atoms with Gasteiger partial charge in [0.2, 0.25) is 0 Å². The highest BCUT2D eigenvalue weighted by molar-refractivity contribution is 4.96. The van der Waals surface area contributed by atoms with Crippen molar-refractivity contribution in [2.24, 2.45) is 5.73 Å². The van der Waals surface area contributed by atoms with Crippen LogP contribution < -0.4 is 5.73 Å². The molecule has 2 fully saturated rings. The van der Waals surface area contributed by atoms with E-state index in [0.717, 1.165) is 12.5 Å². The molecule has 2 atom stereocenters. The van der Waals surface area contributed by atoms with E-state index < -0.39 is 0 Å². The fourth-order valence-electron chi connectivity index (χ4n) is 2.51. The van der Waals surface area contributed by atoms with Crippen molar-refractivity contribution in [2.45, 2.75) is 50.4 Å². The Morgan fingerprint density at radius 3 is 2.54 bits per heavy atom. The summed E-state index contributed by atoms with van der Waals surface area (Å²) in [7, 11) is 1.81. The van der Waals surface area contributed by atoms with Gasteiger partial charge in [0.05, 0.1) is 6.10 Å². The van der Waals surface area contributed by atoms with E-state index in [0.29, 0.717) is 18.2 Å². The molecule has 0 spiro atoms. The van der Waals surface area contributed by atoms with Crippen molar-refractivity contribution in [1.29, 1.82) is 0 Å². The van der Waals surface area contributed by atoms with Crippen LogP contribution in [0.2, 0.25) is 0 Å². The predicted octanol–water partition coefficient (Wildman–Crippen LogP) is 0.585. The Labute approximate surface area is 80.2 Å². The summed E-state index contributed by atoms with van der Waals surface area (Å²) in [5, 5.41) is 0. The first-order chi connectivity index (χ1) is 6.22. The van der Waals surface area contributed by atoms with Crippen molar-refractivity contribution in [3.8, 4) is 0 Å². The van der Waals surface area contributed by atoms with Gasteiger partial charge in [-0.25, -0.2) is 0 Å². The van der Waals surface area contributed by atoms with E-state index in [1.54, 1.807) is 7.11 Å². The average molecular weight is 184 g/mol. The smallest absolute Gasteiger partial charge is 0.0601 e. The highest BCUT2D eigenvalue weighted by atomic mass is 16.5. The lowest BCUT2D eigenvalue weighted by Crippen LogP contribution is -2.51. The maximum Gasteiger partial charge on any atom is 0.0601 e. The van der Waals surface area contributed by atoms with Gasteiger partial charge in [-0.1, -0.05) is 0 Å². The molecule has 2 rings (SSSR count). The number of ether oxygens (including phenoxy) is 1. The maximum atomic E-state index is 5.98. The first-order valence-electron chi connectivity index (χ1n) is 5.26. The Morgan fingerprint density at radius 1 is 1.38 bits per heavy atom. The maximum absolute atomic E-state index is 5.98. The van der Waals surface area contributed by atoms with E-state index in [9.17, 15) is 0 Å². The SMILES string of the molecule is COC1CC(N2CCC(N)C2C)C1. The summed E-state index contributed by atoms with van der Waals surface area (Å²) in [5.74, 6) is 0. The molecule has 76 valence electrons. The fourth-order valence-corrected chi connectivity index (χ4v) is 2.51. The van der Waals surface area contributed by atoms with E-state index in [1.165, 1.54) is 19.4 Å². The third kappa shape index (κ3) is 1.60. The number of hydrogen-bond acceptors (Lipinski definition) is 3. The minimum atomic E-state index is 0.390. The standard InChI is InChI=1S/C10H20N2O/c1-7-10(11)3-4-12(7)8-5-9(6-8)13-2/h7-10H,3-6,11H2,1-2H3. The number of rotatable bonds is 2. The summed E-state index contributed by atoms with van der Waals surface area (Å²) in [4.78, 5) is 2.56. The lowest BCUT2D eigenvalue weighted by molar-refractivity contribution is -0.0298. The van der Waals surface area contributed by atoms with Crippen molar-refractivity contribution < 1.29 is 4.74 Å². The van der Waals surface area contributed by atoms with Crippen LogP contribution in [0.5, 0.6) is 0 Å². The fraction of sp³-hybridized carbons (Fsp3) is 1.00. The van der Waals surface area contributed by atoms with Crippen molar-refractivity contribution in [1.82, 2.24) is 4.90 Å². The van der Waals surface area contributed by atoms with Crippen LogP contribution in [-0.4, -0.2) is 42.8 Å². The molecule has 2 unspecified atom stereocenters. The van der Waals surface area contributed by atoms with Gasteiger partial charge in [-0.05, 0) is 26.2 Å². The van der Waals surface area contributed by atoms with Crippen LogP contribution in [0, 0.1) is 0 Å². The second-order valence-electron chi connectivity index (χ2n) is 4.41. The van der Waals surface area contributed by atoms with Gasteiger partial charge in [-0.15, -0.1) is 0 Å². The zero-order valence-electron chi connectivity index (χ0n) is 8.57. The largest absolute Gasteiger partial charge is 0.381 e. The molecule has 3 heteroatoms. The molecule has 2 aliphatic rings. The Bertz CT molecular complexity index is 180. The molecule has 1 heterocycles. The molecule has 1 saturated carbocycles. The number of nitrogens with zero attached hydrogens (tertiary/aromatic N) is 1.